The Bertz CT molecular complexity index is 616. The molecule has 0 unspecified atom stereocenters. The Kier molecular flexibility index (Phi) is 5.83. The summed E-state index contributed by atoms with van der Waals surface area (Å²) in [6, 6.07) is 7.57. The largest absolute Gasteiger partial charge is 0.341 e. The number of nitrogens with two attached hydrogens (primary N) is 1. The fraction of sp³-hybridized carbons (Fsp3) is 0.533. The maximum atomic E-state index is 12.2. The van der Waals surface area contributed by atoms with Gasteiger partial charge in [-0.2, -0.15) is 0 Å². The number of hydrogen-bond donors (Lipinski definition) is 1. The minimum absolute atomic E-state index is 0.00214. The summed E-state index contributed by atoms with van der Waals surface area (Å²) in [5.41, 5.74) is 1.14. The Morgan fingerprint density at radius 3 is 2.64 bits per heavy atom. The summed E-state index contributed by atoms with van der Waals surface area (Å²) in [5.74, 6) is 0.00214. The van der Waals surface area contributed by atoms with Crippen molar-refractivity contribution in [3.63, 3.8) is 0 Å². The van der Waals surface area contributed by atoms with Crippen LogP contribution in [-0.4, -0.2) is 37.6 Å². The number of halogens is 1. The number of nitrogens with zero attached hydrogens (tertiary/aromatic N) is 1. The fourth-order valence-corrected chi connectivity index (χ4v) is 3.69. The van der Waals surface area contributed by atoms with E-state index in [1.807, 2.05) is 24.3 Å². The van der Waals surface area contributed by atoms with Crippen molar-refractivity contribution in [2.75, 3.05) is 13.1 Å². The van der Waals surface area contributed by atoms with Crippen LogP contribution in [0.5, 0.6) is 0 Å². The molecule has 0 aliphatic carbocycles. The molecule has 1 atom stereocenters. The monoisotopic (exact) mass is 344 g/mol. The smallest absolute Gasteiger partial charge is 0.222 e. The van der Waals surface area contributed by atoms with Crippen LogP contribution in [0.4, 0.5) is 0 Å². The molecule has 1 heterocycles. The van der Waals surface area contributed by atoms with Crippen LogP contribution >= 0.6 is 11.6 Å². The van der Waals surface area contributed by atoms with Crippen molar-refractivity contribution in [2.24, 2.45) is 5.14 Å². The summed E-state index contributed by atoms with van der Waals surface area (Å²) in [4.78, 5) is 13.8. The highest BCUT2D eigenvalue weighted by Gasteiger charge is 2.30. The number of rotatable bonds is 5. The van der Waals surface area contributed by atoms with E-state index >= 15 is 0 Å². The molecule has 1 aromatic rings. The second-order valence-electron chi connectivity index (χ2n) is 5.67. The summed E-state index contributed by atoms with van der Waals surface area (Å²) in [6.45, 7) is 0.838. The van der Waals surface area contributed by atoms with Crippen LogP contribution in [0.3, 0.4) is 0 Å². The van der Waals surface area contributed by atoms with Crippen molar-refractivity contribution in [3.8, 4) is 0 Å². The zero-order valence-corrected chi connectivity index (χ0v) is 13.9. The maximum absolute atomic E-state index is 12.2. The van der Waals surface area contributed by atoms with Crippen LogP contribution in [-0.2, 0) is 21.2 Å². The molecule has 1 aliphatic rings. The molecule has 0 radical (unpaired) electrons. The lowest BCUT2D eigenvalue weighted by atomic mass is 10.1. The van der Waals surface area contributed by atoms with E-state index in [1.165, 1.54) is 0 Å². The van der Waals surface area contributed by atoms with Gasteiger partial charge in [0.2, 0.25) is 15.9 Å². The third kappa shape index (κ3) is 4.97. The Labute approximate surface area is 136 Å². The van der Waals surface area contributed by atoms with Crippen molar-refractivity contribution in [1.29, 1.82) is 0 Å². The summed E-state index contributed by atoms with van der Waals surface area (Å²) < 4.78 is 22.8. The predicted octanol–water partition coefficient (Wildman–Crippen LogP) is 1.94. The van der Waals surface area contributed by atoms with E-state index in [0.717, 1.165) is 18.4 Å². The van der Waals surface area contributed by atoms with Crippen molar-refractivity contribution < 1.29 is 13.2 Å². The fourth-order valence-electron chi connectivity index (χ4n) is 2.69. The molecule has 22 heavy (non-hydrogen) atoms. The maximum Gasteiger partial charge on any atom is 0.222 e. The van der Waals surface area contributed by atoms with Gasteiger partial charge in [-0.1, -0.05) is 23.7 Å². The van der Waals surface area contributed by atoms with E-state index < -0.39 is 15.3 Å². The van der Waals surface area contributed by atoms with E-state index in [2.05, 4.69) is 0 Å². The number of hydrogen-bond acceptors (Lipinski definition) is 3. The minimum atomic E-state index is -3.57. The molecule has 1 aromatic carbocycles. The van der Waals surface area contributed by atoms with Crippen LogP contribution < -0.4 is 5.14 Å². The van der Waals surface area contributed by atoms with Crippen molar-refractivity contribution in [2.45, 2.75) is 37.4 Å². The SMILES string of the molecule is NS(=O)(=O)[C@H]1CCCN(C(=O)CCCc2ccc(Cl)cc2)C1. The van der Waals surface area contributed by atoms with Crippen molar-refractivity contribution >= 4 is 27.5 Å². The second-order valence-corrected chi connectivity index (χ2v) is 7.95. The first kappa shape index (κ1) is 17.2. The van der Waals surface area contributed by atoms with Gasteiger partial charge in [-0.25, -0.2) is 13.6 Å². The molecule has 1 amide bonds. The first-order valence-corrected chi connectivity index (χ1v) is 9.39. The van der Waals surface area contributed by atoms with Crippen molar-refractivity contribution in [3.05, 3.63) is 34.9 Å². The van der Waals surface area contributed by atoms with E-state index in [9.17, 15) is 13.2 Å². The third-order valence-electron chi connectivity index (χ3n) is 3.96. The molecular weight excluding hydrogens is 324 g/mol. The lowest BCUT2D eigenvalue weighted by Crippen LogP contribution is -2.47. The molecule has 1 saturated heterocycles. The number of carbonyl (C=O) groups excluding carboxylic acids is 1. The number of sulfonamides is 1. The topological polar surface area (TPSA) is 80.5 Å². The molecule has 2 rings (SSSR count). The summed E-state index contributed by atoms with van der Waals surface area (Å²) in [7, 11) is -3.57. The van der Waals surface area contributed by atoms with Crippen LogP contribution in [0.15, 0.2) is 24.3 Å². The van der Waals surface area contributed by atoms with Gasteiger partial charge < -0.3 is 4.90 Å². The lowest BCUT2D eigenvalue weighted by Gasteiger charge is -2.31. The molecule has 0 aromatic heterocycles. The van der Waals surface area contributed by atoms with Gasteiger partial charge in [-0.3, -0.25) is 4.79 Å². The van der Waals surface area contributed by atoms with Gasteiger partial charge in [0.05, 0.1) is 5.25 Å². The van der Waals surface area contributed by atoms with E-state index in [4.69, 9.17) is 16.7 Å². The van der Waals surface area contributed by atoms with Gasteiger partial charge in [-0.15, -0.1) is 0 Å². The molecule has 7 heteroatoms. The molecule has 1 aliphatic heterocycles. The molecule has 2 N–H and O–H groups in total. The average Bonchev–Trinajstić information content (AvgIpc) is 2.48. The minimum Gasteiger partial charge on any atom is -0.341 e. The molecule has 122 valence electrons. The highest BCUT2D eigenvalue weighted by atomic mass is 35.5. The summed E-state index contributed by atoms with van der Waals surface area (Å²) in [5, 5.41) is 5.26. The predicted molar refractivity (Wildman–Crippen MR) is 87.1 cm³/mol. The van der Waals surface area contributed by atoms with Crippen molar-refractivity contribution in [1.82, 2.24) is 4.90 Å². The molecule has 0 saturated carbocycles. The summed E-state index contributed by atoms with van der Waals surface area (Å²) >= 11 is 5.83. The van der Waals surface area contributed by atoms with E-state index in [1.54, 1.807) is 4.90 Å². The average molecular weight is 345 g/mol. The second kappa shape index (κ2) is 7.44. The molecule has 1 fully saturated rings. The van der Waals surface area contributed by atoms with Gasteiger partial charge in [0, 0.05) is 24.5 Å². The van der Waals surface area contributed by atoms with Crippen LogP contribution in [0.2, 0.25) is 5.02 Å². The quantitative estimate of drug-likeness (QED) is 0.886. The Morgan fingerprint density at radius 2 is 2.00 bits per heavy atom. The summed E-state index contributed by atoms with van der Waals surface area (Å²) in [6.07, 6.45) is 3.17. The molecule has 5 nitrogen and oxygen atoms in total. The van der Waals surface area contributed by atoms with Gasteiger partial charge in [-0.05, 0) is 43.4 Å². The first-order valence-electron chi connectivity index (χ1n) is 7.40. The standard InChI is InChI=1S/C15H21ClN2O3S/c16-13-8-6-12(7-9-13)3-1-5-15(19)18-10-2-4-14(11-18)22(17,20)21/h6-9,14H,1-5,10-11H2,(H2,17,20,21)/t14-/m0/s1. The van der Waals surface area contributed by atoms with Crippen LogP contribution in [0.1, 0.15) is 31.2 Å². The number of piperidine rings is 1. The number of aryl methyl sites for hydroxylation is 1. The highest BCUT2D eigenvalue weighted by molar-refractivity contribution is 7.89. The van der Waals surface area contributed by atoms with Gasteiger partial charge in [0.1, 0.15) is 0 Å². The van der Waals surface area contributed by atoms with Gasteiger partial charge >= 0.3 is 0 Å². The number of benzene rings is 1. The first-order chi connectivity index (χ1) is 10.4. The van der Waals surface area contributed by atoms with Crippen LogP contribution in [0.25, 0.3) is 0 Å². The Hall–Kier alpha value is -1.11. The van der Waals surface area contributed by atoms with Gasteiger partial charge in [0.15, 0.2) is 0 Å². The normalized spacial score (nSPS) is 19.2. The lowest BCUT2D eigenvalue weighted by molar-refractivity contribution is -0.132. The third-order valence-corrected chi connectivity index (χ3v) is 5.53. The van der Waals surface area contributed by atoms with Crippen LogP contribution in [0, 0.1) is 0 Å². The number of primary sulfonamides is 1. The number of carbonyl (C=O) groups is 1. The highest BCUT2D eigenvalue weighted by Crippen LogP contribution is 2.17. The van der Waals surface area contributed by atoms with E-state index in [0.29, 0.717) is 30.8 Å². The molecular formula is C15H21ClN2O3S. The zero-order valence-electron chi connectivity index (χ0n) is 12.4. The van der Waals surface area contributed by atoms with Gasteiger partial charge in [0.25, 0.3) is 0 Å². The molecule has 0 spiro atoms. The Balaban J connectivity index is 1.80. The number of amides is 1. The zero-order chi connectivity index (χ0) is 16.2. The number of likely N-dealkylation sites (tertiary alicyclic amines) is 1. The molecule has 0 bridgehead atoms. The van der Waals surface area contributed by atoms with E-state index in [-0.39, 0.29) is 12.5 Å². The Morgan fingerprint density at radius 1 is 1.32 bits per heavy atom.